The zero-order valence-electron chi connectivity index (χ0n) is 11.5. The highest BCUT2D eigenvalue weighted by Gasteiger charge is 2.15. The number of amides is 1. The van der Waals surface area contributed by atoms with Crippen molar-refractivity contribution in [2.75, 3.05) is 11.9 Å². The van der Waals surface area contributed by atoms with Crippen LogP contribution in [0.2, 0.25) is 10.0 Å². The van der Waals surface area contributed by atoms with Crippen molar-refractivity contribution in [3.8, 4) is 5.75 Å². The second-order valence-corrected chi connectivity index (χ2v) is 6.17. The van der Waals surface area contributed by atoms with Gasteiger partial charge in [0.15, 0.2) is 6.61 Å². The number of phenols is 1. The SMILES string of the molecule is O=C(COC(=O)c1cc(Br)ccc1O)Nc1cc(Cl)ccc1Cl. The summed E-state index contributed by atoms with van der Waals surface area (Å²) >= 11 is 14.9. The maximum absolute atomic E-state index is 11.9. The Labute approximate surface area is 150 Å². The maximum Gasteiger partial charge on any atom is 0.342 e. The lowest BCUT2D eigenvalue weighted by Crippen LogP contribution is -2.21. The summed E-state index contributed by atoms with van der Waals surface area (Å²) in [5, 5.41) is 12.8. The fourth-order valence-corrected chi connectivity index (χ4v) is 2.36. The third-order valence-corrected chi connectivity index (χ3v) is 3.77. The highest BCUT2D eigenvalue weighted by molar-refractivity contribution is 9.10. The molecule has 0 radical (unpaired) electrons. The van der Waals surface area contributed by atoms with E-state index in [4.69, 9.17) is 27.9 Å². The monoisotopic (exact) mass is 417 g/mol. The lowest BCUT2D eigenvalue weighted by molar-refractivity contribution is -0.119. The van der Waals surface area contributed by atoms with Crippen molar-refractivity contribution < 1.29 is 19.4 Å². The lowest BCUT2D eigenvalue weighted by atomic mass is 10.2. The van der Waals surface area contributed by atoms with Crippen LogP contribution in [0.3, 0.4) is 0 Å². The zero-order valence-corrected chi connectivity index (χ0v) is 14.6. The van der Waals surface area contributed by atoms with Gasteiger partial charge >= 0.3 is 5.97 Å². The molecule has 0 saturated heterocycles. The summed E-state index contributed by atoms with van der Waals surface area (Å²) in [5.74, 6) is -1.65. The third-order valence-electron chi connectivity index (χ3n) is 2.72. The molecule has 120 valence electrons. The highest BCUT2D eigenvalue weighted by atomic mass is 79.9. The first-order valence-electron chi connectivity index (χ1n) is 6.27. The van der Waals surface area contributed by atoms with Crippen LogP contribution in [-0.2, 0) is 9.53 Å². The number of rotatable bonds is 4. The number of anilines is 1. The van der Waals surface area contributed by atoms with E-state index in [1.807, 2.05) is 0 Å². The van der Waals surface area contributed by atoms with Crippen molar-refractivity contribution >= 4 is 56.7 Å². The van der Waals surface area contributed by atoms with Gasteiger partial charge in [-0.1, -0.05) is 39.1 Å². The second kappa shape index (κ2) is 7.68. The molecule has 8 heteroatoms. The van der Waals surface area contributed by atoms with E-state index in [0.717, 1.165) is 0 Å². The van der Waals surface area contributed by atoms with Crippen LogP contribution in [0, 0.1) is 0 Å². The van der Waals surface area contributed by atoms with Crippen molar-refractivity contribution in [3.63, 3.8) is 0 Å². The molecular formula is C15H10BrCl2NO4. The van der Waals surface area contributed by atoms with Crippen molar-refractivity contribution in [1.82, 2.24) is 0 Å². The number of hydrogen-bond acceptors (Lipinski definition) is 4. The molecule has 0 aliphatic rings. The average molecular weight is 419 g/mol. The fourth-order valence-electron chi connectivity index (χ4n) is 1.66. The molecule has 0 unspecified atom stereocenters. The largest absolute Gasteiger partial charge is 0.507 e. The van der Waals surface area contributed by atoms with Crippen LogP contribution in [0.4, 0.5) is 5.69 Å². The predicted molar refractivity (Wildman–Crippen MR) is 91.2 cm³/mol. The Morgan fingerprint density at radius 2 is 1.91 bits per heavy atom. The Balaban J connectivity index is 1.97. The van der Waals surface area contributed by atoms with Gasteiger partial charge in [-0.25, -0.2) is 4.79 Å². The zero-order chi connectivity index (χ0) is 17.0. The topological polar surface area (TPSA) is 75.6 Å². The van der Waals surface area contributed by atoms with Crippen LogP contribution in [-0.4, -0.2) is 23.6 Å². The van der Waals surface area contributed by atoms with Gasteiger partial charge in [0.05, 0.1) is 10.7 Å². The van der Waals surface area contributed by atoms with Gasteiger partial charge in [-0.3, -0.25) is 4.79 Å². The minimum absolute atomic E-state index is 0.0482. The standard InChI is InChI=1S/C15H10BrCl2NO4/c16-8-1-4-13(20)10(5-8)15(22)23-7-14(21)19-12-6-9(17)2-3-11(12)18/h1-6,20H,7H2,(H,19,21). The molecule has 5 nitrogen and oxygen atoms in total. The molecular weight excluding hydrogens is 409 g/mol. The Morgan fingerprint density at radius 3 is 2.65 bits per heavy atom. The number of benzene rings is 2. The van der Waals surface area contributed by atoms with Gasteiger partial charge in [0.1, 0.15) is 11.3 Å². The Bertz CT molecular complexity index is 767. The molecule has 0 aliphatic heterocycles. The lowest BCUT2D eigenvalue weighted by Gasteiger charge is -2.09. The summed E-state index contributed by atoms with van der Waals surface area (Å²) in [5.41, 5.74) is 0.262. The summed E-state index contributed by atoms with van der Waals surface area (Å²) < 4.78 is 5.45. The molecule has 2 aromatic rings. The van der Waals surface area contributed by atoms with Crippen LogP contribution in [0.15, 0.2) is 40.9 Å². The summed E-state index contributed by atoms with van der Waals surface area (Å²) in [6.07, 6.45) is 0. The van der Waals surface area contributed by atoms with Crippen molar-refractivity contribution in [1.29, 1.82) is 0 Å². The van der Waals surface area contributed by atoms with E-state index < -0.39 is 18.5 Å². The number of nitrogens with one attached hydrogen (secondary N) is 1. The Kier molecular flexibility index (Phi) is 5.87. The first-order valence-corrected chi connectivity index (χ1v) is 7.82. The van der Waals surface area contributed by atoms with E-state index in [2.05, 4.69) is 21.2 Å². The molecule has 1 amide bonds. The molecule has 0 spiro atoms. The predicted octanol–water partition coefficient (Wildman–Crippen LogP) is 4.26. The number of carbonyl (C=O) groups excluding carboxylic acids is 2. The van der Waals surface area contributed by atoms with E-state index in [1.165, 1.54) is 24.3 Å². The van der Waals surface area contributed by atoms with Gasteiger partial charge < -0.3 is 15.2 Å². The smallest absolute Gasteiger partial charge is 0.342 e. The van der Waals surface area contributed by atoms with E-state index in [-0.39, 0.29) is 11.3 Å². The Morgan fingerprint density at radius 1 is 1.17 bits per heavy atom. The average Bonchev–Trinajstić information content (AvgIpc) is 2.51. The molecule has 23 heavy (non-hydrogen) atoms. The van der Waals surface area contributed by atoms with E-state index in [1.54, 1.807) is 12.1 Å². The number of phenolic OH excluding ortho intramolecular Hbond substituents is 1. The maximum atomic E-state index is 11.9. The first kappa shape index (κ1) is 17.6. The van der Waals surface area contributed by atoms with Crippen LogP contribution in [0.5, 0.6) is 5.75 Å². The van der Waals surface area contributed by atoms with Crippen LogP contribution >= 0.6 is 39.1 Å². The molecule has 0 aliphatic carbocycles. The fraction of sp³-hybridized carbons (Fsp3) is 0.0667. The summed E-state index contributed by atoms with van der Waals surface area (Å²) in [6.45, 7) is -0.534. The number of hydrogen-bond donors (Lipinski definition) is 2. The summed E-state index contributed by atoms with van der Waals surface area (Å²) in [4.78, 5) is 23.7. The minimum atomic E-state index is -0.823. The first-order chi connectivity index (χ1) is 10.9. The van der Waals surface area contributed by atoms with Crippen molar-refractivity contribution in [3.05, 3.63) is 56.5 Å². The Hall–Kier alpha value is -1.76. The van der Waals surface area contributed by atoms with Gasteiger partial charge in [0.2, 0.25) is 0 Å². The van der Waals surface area contributed by atoms with Crippen LogP contribution < -0.4 is 5.32 Å². The number of halogens is 3. The molecule has 0 atom stereocenters. The summed E-state index contributed by atoms with van der Waals surface area (Å²) in [6, 6.07) is 8.89. The minimum Gasteiger partial charge on any atom is -0.507 e. The van der Waals surface area contributed by atoms with E-state index in [9.17, 15) is 14.7 Å². The van der Waals surface area contributed by atoms with Gasteiger partial charge in [-0.15, -0.1) is 0 Å². The molecule has 0 aromatic heterocycles. The van der Waals surface area contributed by atoms with Crippen LogP contribution in [0.1, 0.15) is 10.4 Å². The highest BCUT2D eigenvalue weighted by Crippen LogP contribution is 2.25. The van der Waals surface area contributed by atoms with E-state index >= 15 is 0 Å². The van der Waals surface area contributed by atoms with Gasteiger partial charge in [0.25, 0.3) is 5.91 Å². The number of aromatic hydroxyl groups is 1. The normalized spacial score (nSPS) is 10.2. The van der Waals surface area contributed by atoms with Crippen molar-refractivity contribution in [2.45, 2.75) is 0 Å². The number of esters is 1. The second-order valence-electron chi connectivity index (χ2n) is 4.41. The van der Waals surface area contributed by atoms with Gasteiger partial charge in [-0.2, -0.15) is 0 Å². The van der Waals surface area contributed by atoms with Gasteiger partial charge in [-0.05, 0) is 36.4 Å². The van der Waals surface area contributed by atoms with Gasteiger partial charge in [0, 0.05) is 9.50 Å². The molecule has 2 aromatic carbocycles. The molecule has 2 rings (SSSR count). The number of carbonyl (C=O) groups is 2. The molecule has 0 bridgehead atoms. The number of ether oxygens (including phenoxy) is 1. The van der Waals surface area contributed by atoms with Crippen molar-refractivity contribution in [2.24, 2.45) is 0 Å². The quantitative estimate of drug-likeness (QED) is 0.727. The molecule has 0 fully saturated rings. The van der Waals surface area contributed by atoms with E-state index in [0.29, 0.717) is 20.2 Å². The molecule has 0 heterocycles. The summed E-state index contributed by atoms with van der Waals surface area (Å²) in [7, 11) is 0. The molecule has 2 N–H and O–H groups in total. The van der Waals surface area contributed by atoms with Crippen LogP contribution in [0.25, 0.3) is 0 Å². The third kappa shape index (κ3) is 4.86. The molecule has 0 saturated carbocycles.